The number of benzene rings is 1. The molecule has 1 rings (SSSR count). The van der Waals surface area contributed by atoms with E-state index in [1.807, 2.05) is 32.0 Å². The highest BCUT2D eigenvalue weighted by Gasteiger charge is 2.27. The second kappa shape index (κ2) is 6.91. The molecule has 4 nitrogen and oxygen atoms in total. The zero-order chi connectivity index (χ0) is 14.5. The molecule has 0 saturated heterocycles. The molecule has 0 unspecified atom stereocenters. The lowest BCUT2D eigenvalue weighted by atomic mass is 10.1. The van der Waals surface area contributed by atoms with Gasteiger partial charge in [0.15, 0.2) is 0 Å². The number of carbonyl (C=O) groups is 1. The first-order valence-corrected chi connectivity index (χ1v) is 6.86. The Morgan fingerprint density at radius 2 is 2.05 bits per heavy atom. The lowest BCUT2D eigenvalue weighted by Crippen LogP contribution is -2.48. The molecule has 0 heterocycles. The minimum atomic E-state index is -0.668. The Hall–Kier alpha value is -1.07. The molecule has 106 valence electrons. The molecule has 0 amide bonds. The molecule has 1 aromatic carbocycles. The van der Waals surface area contributed by atoms with Gasteiger partial charge in [-0.3, -0.25) is 4.79 Å². The molecular formula is C14H20BrNO3. The van der Waals surface area contributed by atoms with Crippen LogP contribution in [-0.2, 0) is 16.0 Å². The summed E-state index contributed by atoms with van der Waals surface area (Å²) in [5.41, 5.74) is 0.499. The minimum absolute atomic E-state index is 0.261. The third kappa shape index (κ3) is 4.51. The smallest absolute Gasteiger partial charge is 0.325 e. The fourth-order valence-corrected chi connectivity index (χ4v) is 2.30. The van der Waals surface area contributed by atoms with Crippen LogP contribution in [0.3, 0.4) is 0 Å². The highest BCUT2D eigenvalue weighted by atomic mass is 79.9. The number of rotatable bonds is 6. The predicted molar refractivity (Wildman–Crippen MR) is 78.5 cm³/mol. The van der Waals surface area contributed by atoms with Crippen LogP contribution in [0.15, 0.2) is 22.7 Å². The van der Waals surface area contributed by atoms with Crippen molar-refractivity contribution >= 4 is 21.9 Å². The second-order valence-corrected chi connectivity index (χ2v) is 5.62. The van der Waals surface area contributed by atoms with E-state index in [0.717, 1.165) is 16.6 Å². The van der Waals surface area contributed by atoms with Gasteiger partial charge >= 0.3 is 5.97 Å². The van der Waals surface area contributed by atoms with Crippen molar-refractivity contribution in [3.05, 3.63) is 28.2 Å². The molecule has 0 aromatic heterocycles. The molecular weight excluding hydrogens is 310 g/mol. The standard InChI is InChI=1S/C14H20BrNO3/c1-14(2,13(17)19-4)16-8-7-10-5-6-12(18-3)11(15)9-10/h5-6,9,16H,7-8H2,1-4H3. The number of esters is 1. The van der Waals surface area contributed by atoms with E-state index in [1.165, 1.54) is 12.7 Å². The molecule has 0 spiro atoms. The number of hydrogen-bond acceptors (Lipinski definition) is 4. The van der Waals surface area contributed by atoms with Gasteiger partial charge in [0.1, 0.15) is 11.3 Å². The zero-order valence-corrected chi connectivity index (χ0v) is 13.3. The van der Waals surface area contributed by atoms with Crippen LogP contribution in [0.1, 0.15) is 19.4 Å². The van der Waals surface area contributed by atoms with E-state index in [4.69, 9.17) is 9.47 Å². The van der Waals surface area contributed by atoms with Crippen LogP contribution >= 0.6 is 15.9 Å². The van der Waals surface area contributed by atoms with Crippen molar-refractivity contribution in [3.63, 3.8) is 0 Å². The lowest BCUT2D eigenvalue weighted by Gasteiger charge is -2.23. The largest absolute Gasteiger partial charge is 0.496 e. The van der Waals surface area contributed by atoms with E-state index >= 15 is 0 Å². The first-order chi connectivity index (χ1) is 8.90. The molecule has 0 aliphatic heterocycles. The van der Waals surface area contributed by atoms with Crippen LogP contribution in [0.25, 0.3) is 0 Å². The number of methoxy groups -OCH3 is 2. The maximum absolute atomic E-state index is 11.5. The van der Waals surface area contributed by atoms with Crippen LogP contribution in [0.4, 0.5) is 0 Å². The SMILES string of the molecule is COC(=O)C(C)(C)NCCc1ccc(OC)c(Br)c1. The van der Waals surface area contributed by atoms with E-state index in [9.17, 15) is 4.79 Å². The van der Waals surface area contributed by atoms with Crippen LogP contribution in [-0.4, -0.2) is 32.3 Å². The van der Waals surface area contributed by atoms with Gasteiger partial charge in [-0.25, -0.2) is 0 Å². The molecule has 0 saturated carbocycles. The molecule has 0 aliphatic rings. The van der Waals surface area contributed by atoms with Crippen LogP contribution in [0.2, 0.25) is 0 Å². The van der Waals surface area contributed by atoms with Crippen molar-refractivity contribution in [1.29, 1.82) is 0 Å². The Bertz CT molecular complexity index is 446. The zero-order valence-electron chi connectivity index (χ0n) is 11.7. The van der Waals surface area contributed by atoms with Crippen molar-refractivity contribution in [1.82, 2.24) is 5.32 Å². The van der Waals surface area contributed by atoms with Gasteiger partial charge in [0.05, 0.1) is 18.7 Å². The monoisotopic (exact) mass is 329 g/mol. The highest BCUT2D eigenvalue weighted by Crippen LogP contribution is 2.25. The van der Waals surface area contributed by atoms with Crippen molar-refractivity contribution in [2.75, 3.05) is 20.8 Å². The molecule has 0 fully saturated rings. The van der Waals surface area contributed by atoms with Gasteiger partial charge in [0.25, 0.3) is 0 Å². The third-order valence-electron chi connectivity index (χ3n) is 2.89. The van der Waals surface area contributed by atoms with E-state index in [0.29, 0.717) is 6.54 Å². The number of nitrogens with one attached hydrogen (secondary N) is 1. The molecule has 0 bridgehead atoms. The van der Waals surface area contributed by atoms with E-state index in [1.54, 1.807) is 7.11 Å². The Kier molecular flexibility index (Phi) is 5.82. The highest BCUT2D eigenvalue weighted by molar-refractivity contribution is 9.10. The lowest BCUT2D eigenvalue weighted by molar-refractivity contribution is -0.147. The second-order valence-electron chi connectivity index (χ2n) is 4.76. The van der Waals surface area contributed by atoms with Crippen molar-refractivity contribution in [2.45, 2.75) is 25.8 Å². The third-order valence-corrected chi connectivity index (χ3v) is 3.51. The summed E-state index contributed by atoms with van der Waals surface area (Å²) in [5.74, 6) is 0.551. The Morgan fingerprint density at radius 1 is 1.37 bits per heavy atom. The maximum atomic E-state index is 11.5. The molecule has 0 aliphatic carbocycles. The van der Waals surface area contributed by atoms with E-state index in [2.05, 4.69) is 21.2 Å². The van der Waals surface area contributed by atoms with Gasteiger partial charge < -0.3 is 14.8 Å². The van der Waals surface area contributed by atoms with Crippen LogP contribution < -0.4 is 10.1 Å². The van der Waals surface area contributed by atoms with Crippen molar-refractivity contribution < 1.29 is 14.3 Å². The normalized spacial score (nSPS) is 11.2. The average Bonchev–Trinajstić information content (AvgIpc) is 2.37. The fourth-order valence-electron chi connectivity index (χ4n) is 1.71. The number of ether oxygens (including phenoxy) is 2. The van der Waals surface area contributed by atoms with Crippen molar-refractivity contribution in [3.8, 4) is 5.75 Å². The van der Waals surface area contributed by atoms with E-state index < -0.39 is 5.54 Å². The van der Waals surface area contributed by atoms with E-state index in [-0.39, 0.29) is 5.97 Å². The van der Waals surface area contributed by atoms with Gasteiger partial charge in [0, 0.05) is 6.54 Å². The van der Waals surface area contributed by atoms with Crippen molar-refractivity contribution in [2.24, 2.45) is 0 Å². The summed E-state index contributed by atoms with van der Waals surface area (Å²) < 4.78 is 10.9. The number of halogens is 1. The predicted octanol–water partition coefficient (Wildman–Crippen LogP) is 2.54. The maximum Gasteiger partial charge on any atom is 0.325 e. The first-order valence-electron chi connectivity index (χ1n) is 6.06. The van der Waals surface area contributed by atoms with Crippen LogP contribution in [0.5, 0.6) is 5.75 Å². The number of hydrogen-bond donors (Lipinski definition) is 1. The average molecular weight is 330 g/mol. The summed E-state index contributed by atoms with van der Waals surface area (Å²) in [6.45, 7) is 4.31. The fraction of sp³-hybridized carbons (Fsp3) is 0.500. The molecule has 5 heteroatoms. The molecule has 0 radical (unpaired) electrons. The summed E-state index contributed by atoms with van der Waals surface area (Å²) >= 11 is 3.45. The Balaban J connectivity index is 2.54. The summed E-state index contributed by atoms with van der Waals surface area (Å²) in [7, 11) is 3.03. The van der Waals surface area contributed by atoms with Gasteiger partial charge in [-0.2, -0.15) is 0 Å². The molecule has 19 heavy (non-hydrogen) atoms. The Labute approximate surface area is 122 Å². The quantitative estimate of drug-likeness (QED) is 0.815. The summed E-state index contributed by atoms with van der Waals surface area (Å²) in [6.07, 6.45) is 0.822. The Morgan fingerprint density at radius 3 is 2.58 bits per heavy atom. The van der Waals surface area contributed by atoms with Crippen LogP contribution in [0, 0.1) is 0 Å². The molecule has 0 atom stereocenters. The first kappa shape index (κ1) is 16.0. The summed E-state index contributed by atoms with van der Waals surface area (Å²) in [5, 5.41) is 3.19. The molecule has 1 N–H and O–H groups in total. The topological polar surface area (TPSA) is 47.6 Å². The summed E-state index contributed by atoms with van der Waals surface area (Å²) in [6, 6.07) is 5.95. The van der Waals surface area contributed by atoms with Gasteiger partial charge in [-0.05, 0) is 53.9 Å². The number of carbonyl (C=O) groups excluding carboxylic acids is 1. The minimum Gasteiger partial charge on any atom is -0.496 e. The molecule has 1 aromatic rings. The van der Waals surface area contributed by atoms with Gasteiger partial charge in [-0.1, -0.05) is 6.07 Å². The summed E-state index contributed by atoms with van der Waals surface area (Å²) in [4.78, 5) is 11.5. The van der Waals surface area contributed by atoms with Gasteiger partial charge in [0.2, 0.25) is 0 Å². The van der Waals surface area contributed by atoms with Gasteiger partial charge in [-0.15, -0.1) is 0 Å².